The van der Waals surface area contributed by atoms with E-state index in [0.717, 1.165) is 17.9 Å². The first-order valence-corrected chi connectivity index (χ1v) is 11.7. The lowest BCUT2D eigenvalue weighted by Crippen LogP contribution is -2.23. The molecule has 1 N–H and O–H groups in total. The van der Waals surface area contributed by atoms with E-state index in [4.69, 9.17) is 25.5 Å². The van der Waals surface area contributed by atoms with Crippen LogP contribution in [0.3, 0.4) is 0 Å². The highest BCUT2D eigenvalue weighted by Gasteiger charge is 2.22. The first-order chi connectivity index (χ1) is 16.4. The van der Waals surface area contributed by atoms with Gasteiger partial charge in [0.05, 0.1) is 23.2 Å². The maximum absolute atomic E-state index is 11.4. The lowest BCUT2D eigenvalue weighted by molar-refractivity contribution is -0.119. The van der Waals surface area contributed by atoms with Crippen molar-refractivity contribution in [3.8, 4) is 28.7 Å². The molecule has 7 heteroatoms. The number of hydrogen-bond acceptors (Lipinski definition) is 5. The summed E-state index contributed by atoms with van der Waals surface area (Å²) in [6, 6.07) is 18.6. The molecule has 1 heterocycles. The summed E-state index contributed by atoms with van der Waals surface area (Å²) in [5.41, 5.74) is 2.95. The van der Waals surface area contributed by atoms with Crippen LogP contribution >= 0.6 is 11.6 Å². The van der Waals surface area contributed by atoms with Gasteiger partial charge in [0.2, 0.25) is 11.8 Å². The number of carbonyl (C=O) groups is 1. The molecule has 174 valence electrons. The first-order valence-electron chi connectivity index (χ1n) is 11.3. The fraction of sp³-hybridized carbons (Fsp3) is 0.259. The number of ether oxygens (including phenoxy) is 2. The van der Waals surface area contributed by atoms with Crippen molar-refractivity contribution in [2.75, 3.05) is 6.61 Å². The summed E-state index contributed by atoms with van der Waals surface area (Å²) in [6.45, 7) is 4.17. The number of halogens is 1. The summed E-state index contributed by atoms with van der Waals surface area (Å²) < 4.78 is 17.8. The quantitative estimate of drug-likeness (QED) is 0.298. The predicted molar refractivity (Wildman–Crippen MR) is 131 cm³/mol. The zero-order valence-electron chi connectivity index (χ0n) is 19.0. The van der Waals surface area contributed by atoms with Gasteiger partial charge in [-0.2, -0.15) is 0 Å². The second-order valence-electron chi connectivity index (χ2n) is 8.64. The average molecular weight is 477 g/mol. The Morgan fingerprint density at radius 3 is 2.68 bits per heavy atom. The van der Waals surface area contributed by atoms with Crippen LogP contribution in [0, 0.1) is 5.92 Å². The Bertz CT molecular complexity index is 1350. The van der Waals surface area contributed by atoms with Crippen LogP contribution < -0.4 is 14.8 Å². The van der Waals surface area contributed by atoms with Crippen molar-refractivity contribution < 1.29 is 18.7 Å². The van der Waals surface area contributed by atoms with Crippen LogP contribution in [0.5, 0.6) is 17.2 Å². The molecule has 1 unspecified atom stereocenters. The van der Waals surface area contributed by atoms with Crippen LogP contribution in [0.25, 0.3) is 22.6 Å². The van der Waals surface area contributed by atoms with Gasteiger partial charge in [-0.05, 0) is 67.6 Å². The molecule has 1 aromatic heterocycles. The van der Waals surface area contributed by atoms with Crippen LogP contribution in [0.15, 0.2) is 65.1 Å². The normalized spacial score (nSPS) is 14.1. The zero-order valence-corrected chi connectivity index (χ0v) is 19.8. The predicted octanol–water partition coefficient (Wildman–Crippen LogP) is 6.93. The monoisotopic (exact) mass is 476 g/mol. The van der Waals surface area contributed by atoms with Crippen molar-refractivity contribution in [2.24, 2.45) is 5.92 Å². The van der Waals surface area contributed by atoms with E-state index in [9.17, 15) is 4.79 Å². The summed E-state index contributed by atoms with van der Waals surface area (Å²) in [5, 5.41) is 3.34. The van der Waals surface area contributed by atoms with Crippen molar-refractivity contribution in [2.45, 2.75) is 32.7 Å². The second kappa shape index (κ2) is 9.39. The third-order valence-electron chi connectivity index (χ3n) is 5.73. The third-order valence-corrected chi connectivity index (χ3v) is 6.04. The molecule has 0 spiro atoms. The maximum Gasteiger partial charge on any atom is 0.228 e. The maximum atomic E-state index is 11.4. The molecule has 1 aliphatic rings. The van der Waals surface area contributed by atoms with E-state index in [2.05, 4.69) is 10.3 Å². The van der Waals surface area contributed by atoms with Crippen LogP contribution in [0.2, 0.25) is 5.02 Å². The highest BCUT2D eigenvalue weighted by atomic mass is 35.5. The Morgan fingerprint density at radius 2 is 1.91 bits per heavy atom. The van der Waals surface area contributed by atoms with Gasteiger partial charge in [-0.1, -0.05) is 23.7 Å². The molecule has 34 heavy (non-hydrogen) atoms. The van der Waals surface area contributed by atoms with E-state index in [-0.39, 0.29) is 11.9 Å². The number of rotatable bonds is 8. The van der Waals surface area contributed by atoms with Gasteiger partial charge < -0.3 is 19.2 Å². The van der Waals surface area contributed by atoms with E-state index in [1.807, 2.05) is 61.5 Å². The van der Waals surface area contributed by atoms with Gasteiger partial charge >= 0.3 is 0 Å². The minimum absolute atomic E-state index is 0.0857. The summed E-state index contributed by atoms with van der Waals surface area (Å²) in [5.74, 6) is 3.11. The average Bonchev–Trinajstić information content (AvgIpc) is 3.54. The molecule has 1 aliphatic carbocycles. The van der Waals surface area contributed by atoms with Gasteiger partial charge in [-0.3, -0.25) is 4.79 Å². The summed E-state index contributed by atoms with van der Waals surface area (Å²) in [6.07, 6.45) is 2.50. The lowest BCUT2D eigenvalue weighted by Gasteiger charge is -2.12. The van der Waals surface area contributed by atoms with Crippen molar-refractivity contribution in [1.82, 2.24) is 10.3 Å². The molecule has 3 aromatic carbocycles. The minimum atomic E-state index is -0.131. The Balaban J connectivity index is 1.33. The van der Waals surface area contributed by atoms with Gasteiger partial charge in [0, 0.05) is 19.1 Å². The molecule has 0 aliphatic heterocycles. The molecule has 1 saturated carbocycles. The number of oxazole rings is 1. The number of amides is 1. The number of benzene rings is 3. The zero-order chi connectivity index (χ0) is 23.7. The molecule has 0 radical (unpaired) electrons. The molecule has 1 atom stereocenters. The van der Waals surface area contributed by atoms with Gasteiger partial charge in [0.15, 0.2) is 5.58 Å². The largest absolute Gasteiger partial charge is 0.493 e. The molecule has 5 rings (SSSR count). The van der Waals surface area contributed by atoms with Gasteiger partial charge in [0.1, 0.15) is 22.8 Å². The highest BCUT2D eigenvalue weighted by molar-refractivity contribution is 6.33. The Kier molecular flexibility index (Phi) is 6.16. The third kappa shape index (κ3) is 5.18. The molecular weight excluding hydrogens is 452 g/mol. The number of aromatic nitrogens is 1. The van der Waals surface area contributed by atoms with Crippen molar-refractivity contribution >= 4 is 28.6 Å². The highest BCUT2D eigenvalue weighted by Crippen LogP contribution is 2.35. The Morgan fingerprint density at radius 1 is 1.12 bits per heavy atom. The van der Waals surface area contributed by atoms with Crippen LogP contribution in [0.1, 0.15) is 38.3 Å². The number of carbonyl (C=O) groups excluding carboxylic acids is 1. The second-order valence-corrected chi connectivity index (χ2v) is 9.05. The minimum Gasteiger partial charge on any atom is -0.493 e. The summed E-state index contributed by atoms with van der Waals surface area (Å²) >= 11 is 6.57. The topological polar surface area (TPSA) is 73.6 Å². The number of fused-ring (bicyclic) bond motifs is 1. The van der Waals surface area contributed by atoms with E-state index < -0.39 is 0 Å². The van der Waals surface area contributed by atoms with E-state index in [1.165, 1.54) is 19.8 Å². The van der Waals surface area contributed by atoms with Gasteiger partial charge in [-0.15, -0.1) is 0 Å². The molecule has 4 aromatic rings. The van der Waals surface area contributed by atoms with Crippen LogP contribution in [0.4, 0.5) is 0 Å². The van der Waals surface area contributed by atoms with Gasteiger partial charge in [0.25, 0.3) is 0 Å². The summed E-state index contributed by atoms with van der Waals surface area (Å²) in [4.78, 5) is 15.9. The van der Waals surface area contributed by atoms with Crippen molar-refractivity contribution in [1.29, 1.82) is 0 Å². The van der Waals surface area contributed by atoms with E-state index in [0.29, 0.717) is 45.0 Å². The van der Waals surface area contributed by atoms with Crippen molar-refractivity contribution in [3.05, 3.63) is 71.2 Å². The summed E-state index contributed by atoms with van der Waals surface area (Å²) in [7, 11) is 0. The Hall–Kier alpha value is -3.51. The number of hydrogen-bond donors (Lipinski definition) is 1. The van der Waals surface area contributed by atoms with E-state index >= 15 is 0 Å². The lowest BCUT2D eigenvalue weighted by atomic mass is 10.1. The van der Waals surface area contributed by atoms with Crippen LogP contribution in [-0.4, -0.2) is 17.5 Å². The standard InChI is InChI=1S/C27H25ClN2O4/c1-16(29-17(2)31)19-8-11-25-26(12-19)34-27(30-25)23-10-9-22(14-24(23)28)33-21-5-3-4-20(13-21)32-15-18-6-7-18/h3-5,8-14,16,18H,6-7,15H2,1-2H3,(H,29,31). The fourth-order valence-electron chi connectivity index (χ4n) is 3.71. The van der Waals surface area contributed by atoms with Crippen molar-refractivity contribution in [3.63, 3.8) is 0 Å². The van der Waals surface area contributed by atoms with Gasteiger partial charge in [-0.25, -0.2) is 4.98 Å². The van der Waals surface area contributed by atoms with E-state index in [1.54, 1.807) is 6.07 Å². The Labute approximate surface area is 202 Å². The van der Waals surface area contributed by atoms with Crippen LogP contribution in [-0.2, 0) is 4.79 Å². The molecular formula is C27H25ClN2O4. The number of nitrogens with one attached hydrogen (secondary N) is 1. The SMILES string of the molecule is CC(=O)NC(C)c1ccc2nc(-c3ccc(Oc4cccc(OCC5CC5)c4)cc3Cl)oc2c1. The molecule has 6 nitrogen and oxygen atoms in total. The molecule has 1 fully saturated rings. The smallest absolute Gasteiger partial charge is 0.228 e. The molecule has 0 bridgehead atoms. The number of nitrogens with zero attached hydrogens (tertiary/aromatic N) is 1. The first kappa shape index (κ1) is 22.3. The fourth-order valence-corrected chi connectivity index (χ4v) is 3.96. The molecule has 1 amide bonds. The molecule has 0 saturated heterocycles.